The van der Waals surface area contributed by atoms with Crippen LogP contribution in [-0.4, -0.2) is 12.1 Å². The van der Waals surface area contributed by atoms with E-state index in [1.807, 2.05) is 42.7 Å². The molecular formula is C17H20ClN3O. The number of pyridine rings is 1. The average Bonchev–Trinajstić information content (AvgIpc) is 2.49. The Bertz CT molecular complexity index is 610. The minimum atomic E-state index is -0.152. The molecule has 0 spiro atoms. The van der Waals surface area contributed by atoms with Gasteiger partial charge < -0.3 is 12.4 Å². The van der Waals surface area contributed by atoms with Crippen LogP contribution in [0.1, 0.15) is 30.9 Å². The van der Waals surface area contributed by atoms with Crippen LogP contribution in [0.4, 0.5) is 0 Å². The zero-order valence-corrected chi connectivity index (χ0v) is 13.5. The van der Waals surface area contributed by atoms with Crippen molar-refractivity contribution in [1.82, 2.24) is 5.43 Å². The summed E-state index contributed by atoms with van der Waals surface area (Å²) in [5, 5.41) is 3.97. The van der Waals surface area contributed by atoms with E-state index in [1.54, 1.807) is 10.8 Å². The molecule has 1 heterocycles. The van der Waals surface area contributed by atoms with Crippen LogP contribution >= 0.6 is 0 Å². The number of benzene rings is 1. The number of amides is 1. The van der Waals surface area contributed by atoms with Crippen LogP contribution in [0.15, 0.2) is 60.0 Å². The monoisotopic (exact) mass is 317 g/mol. The second-order valence-electron chi connectivity index (χ2n) is 5.16. The van der Waals surface area contributed by atoms with E-state index in [1.165, 1.54) is 5.56 Å². The maximum absolute atomic E-state index is 11.7. The average molecular weight is 318 g/mol. The smallest absolute Gasteiger partial charge is 0.305 e. The second-order valence-corrected chi connectivity index (χ2v) is 5.16. The first-order chi connectivity index (χ1) is 10.1. The van der Waals surface area contributed by atoms with Gasteiger partial charge in [-0.3, -0.25) is 4.79 Å². The Hall–Kier alpha value is -2.20. The van der Waals surface area contributed by atoms with E-state index in [-0.39, 0.29) is 24.9 Å². The predicted octanol–water partition coefficient (Wildman–Crippen LogP) is -0.748. The number of hydrogen-bond donors (Lipinski definition) is 1. The van der Waals surface area contributed by atoms with Gasteiger partial charge in [-0.05, 0) is 17.0 Å². The first kappa shape index (κ1) is 17.9. The fourth-order valence-electron chi connectivity index (χ4n) is 1.89. The molecule has 22 heavy (non-hydrogen) atoms. The van der Waals surface area contributed by atoms with Gasteiger partial charge in [0.15, 0.2) is 12.4 Å². The third-order valence-corrected chi connectivity index (χ3v) is 3.11. The highest BCUT2D eigenvalue weighted by molar-refractivity contribution is 5.82. The number of aromatic nitrogens is 1. The fourth-order valence-corrected chi connectivity index (χ4v) is 1.89. The van der Waals surface area contributed by atoms with Gasteiger partial charge in [0.25, 0.3) is 0 Å². The quantitative estimate of drug-likeness (QED) is 0.440. The molecule has 0 aliphatic carbocycles. The number of halogens is 1. The Kier molecular flexibility index (Phi) is 7.26. The molecule has 1 amide bonds. The van der Waals surface area contributed by atoms with Crippen molar-refractivity contribution in [2.45, 2.75) is 26.3 Å². The van der Waals surface area contributed by atoms with Gasteiger partial charge in [-0.15, -0.1) is 0 Å². The van der Waals surface area contributed by atoms with Crippen molar-refractivity contribution in [3.05, 3.63) is 66.0 Å². The molecule has 1 N–H and O–H groups in total. The lowest BCUT2D eigenvalue weighted by molar-refractivity contribution is -0.684. The largest absolute Gasteiger partial charge is 1.00 e. The van der Waals surface area contributed by atoms with Gasteiger partial charge in [-0.25, -0.2) is 5.43 Å². The van der Waals surface area contributed by atoms with Crippen LogP contribution < -0.4 is 22.4 Å². The number of carbonyl (C=O) groups is 1. The van der Waals surface area contributed by atoms with E-state index in [9.17, 15) is 4.79 Å². The Morgan fingerprint density at radius 3 is 2.41 bits per heavy atom. The molecule has 0 bridgehead atoms. The fraction of sp³-hybridized carbons (Fsp3) is 0.235. The molecule has 2 rings (SSSR count). The van der Waals surface area contributed by atoms with Gasteiger partial charge in [0.05, 0.1) is 6.21 Å². The lowest BCUT2D eigenvalue weighted by Gasteiger charge is -2.04. The van der Waals surface area contributed by atoms with Crippen LogP contribution in [-0.2, 0) is 11.3 Å². The number of nitrogens with zero attached hydrogens (tertiary/aromatic N) is 2. The summed E-state index contributed by atoms with van der Waals surface area (Å²) in [6.45, 7) is 4.57. The van der Waals surface area contributed by atoms with E-state index >= 15 is 0 Å². The lowest BCUT2D eigenvalue weighted by Crippen LogP contribution is -3.00. The molecule has 116 valence electrons. The Labute approximate surface area is 137 Å². The van der Waals surface area contributed by atoms with E-state index in [0.29, 0.717) is 5.92 Å². The molecular weight excluding hydrogens is 298 g/mol. The van der Waals surface area contributed by atoms with Gasteiger partial charge >= 0.3 is 5.91 Å². The SMILES string of the molecule is CC(C)c1ccc(/C=N/NC(=O)C[n+]2ccccc2)cc1.[Cl-]. The highest BCUT2D eigenvalue weighted by atomic mass is 35.5. The van der Waals surface area contributed by atoms with Crippen molar-refractivity contribution in [2.75, 3.05) is 0 Å². The highest BCUT2D eigenvalue weighted by Gasteiger charge is 2.06. The molecule has 0 aliphatic heterocycles. The molecule has 0 aliphatic rings. The summed E-state index contributed by atoms with van der Waals surface area (Å²) < 4.78 is 1.79. The summed E-state index contributed by atoms with van der Waals surface area (Å²) in [5.41, 5.74) is 4.78. The Morgan fingerprint density at radius 1 is 1.18 bits per heavy atom. The zero-order chi connectivity index (χ0) is 15.1. The van der Waals surface area contributed by atoms with Gasteiger partial charge in [0, 0.05) is 12.1 Å². The van der Waals surface area contributed by atoms with Crippen molar-refractivity contribution in [3.8, 4) is 0 Å². The highest BCUT2D eigenvalue weighted by Crippen LogP contribution is 2.13. The molecule has 0 fully saturated rings. The standard InChI is InChI=1S/C17H19N3O.ClH/c1-14(2)16-8-6-15(7-9-16)12-18-19-17(21)13-20-10-4-3-5-11-20;/h3-12,14H,13H2,1-2H3;1H/b18-12+;. The molecule has 5 heteroatoms. The molecule has 0 saturated heterocycles. The van der Waals surface area contributed by atoms with Crippen molar-refractivity contribution >= 4 is 12.1 Å². The molecule has 0 radical (unpaired) electrons. The van der Waals surface area contributed by atoms with Gasteiger partial charge in [-0.2, -0.15) is 9.67 Å². The molecule has 0 saturated carbocycles. The second kappa shape index (κ2) is 8.95. The summed E-state index contributed by atoms with van der Waals surface area (Å²) >= 11 is 0. The van der Waals surface area contributed by atoms with Crippen LogP contribution in [0, 0.1) is 0 Å². The summed E-state index contributed by atoms with van der Waals surface area (Å²) in [6, 6.07) is 13.8. The predicted molar refractivity (Wildman–Crippen MR) is 82.9 cm³/mol. The summed E-state index contributed by atoms with van der Waals surface area (Å²) in [7, 11) is 0. The summed E-state index contributed by atoms with van der Waals surface area (Å²) in [6.07, 6.45) is 5.33. The first-order valence-electron chi connectivity index (χ1n) is 7.01. The first-order valence-corrected chi connectivity index (χ1v) is 7.01. The van der Waals surface area contributed by atoms with Crippen molar-refractivity contribution in [2.24, 2.45) is 5.10 Å². The van der Waals surface area contributed by atoms with E-state index in [2.05, 4.69) is 36.5 Å². The zero-order valence-electron chi connectivity index (χ0n) is 12.7. The number of hydrazone groups is 1. The molecule has 0 unspecified atom stereocenters. The summed E-state index contributed by atoms with van der Waals surface area (Å²) in [5.74, 6) is 0.361. The van der Waals surface area contributed by atoms with E-state index in [0.717, 1.165) is 5.56 Å². The normalized spacial score (nSPS) is 10.5. The minimum Gasteiger partial charge on any atom is -1.00 e. The minimum absolute atomic E-state index is 0. The van der Waals surface area contributed by atoms with Crippen LogP contribution in [0.3, 0.4) is 0 Å². The molecule has 1 aromatic heterocycles. The van der Waals surface area contributed by atoms with E-state index < -0.39 is 0 Å². The Morgan fingerprint density at radius 2 is 1.82 bits per heavy atom. The Balaban J connectivity index is 0.00000242. The molecule has 4 nitrogen and oxygen atoms in total. The van der Waals surface area contributed by atoms with Gasteiger partial charge in [-0.1, -0.05) is 44.2 Å². The third-order valence-electron chi connectivity index (χ3n) is 3.11. The topological polar surface area (TPSA) is 45.3 Å². The summed E-state index contributed by atoms with van der Waals surface area (Å²) in [4.78, 5) is 11.7. The van der Waals surface area contributed by atoms with Gasteiger partial charge in [0.1, 0.15) is 0 Å². The molecule has 2 aromatic rings. The van der Waals surface area contributed by atoms with Crippen molar-refractivity contribution in [1.29, 1.82) is 0 Å². The van der Waals surface area contributed by atoms with E-state index in [4.69, 9.17) is 0 Å². The van der Waals surface area contributed by atoms with Crippen LogP contribution in [0.25, 0.3) is 0 Å². The maximum atomic E-state index is 11.7. The third kappa shape index (κ3) is 5.66. The van der Waals surface area contributed by atoms with Crippen molar-refractivity contribution < 1.29 is 21.8 Å². The van der Waals surface area contributed by atoms with Crippen molar-refractivity contribution in [3.63, 3.8) is 0 Å². The maximum Gasteiger partial charge on any atom is 0.305 e. The number of carbonyl (C=O) groups excluding carboxylic acids is 1. The van der Waals surface area contributed by atoms with Crippen LogP contribution in [0.2, 0.25) is 0 Å². The lowest BCUT2D eigenvalue weighted by atomic mass is 10.0. The van der Waals surface area contributed by atoms with Gasteiger partial charge in [0.2, 0.25) is 6.54 Å². The number of rotatable bonds is 5. The number of nitrogens with one attached hydrogen (secondary N) is 1. The van der Waals surface area contributed by atoms with Crippen LogP contribution in [0.5, 0.6) is 0 Å². The number of hydrogen-bond acceptors (Lipinski definition) is 2. The molecule has 1 aromatic carbocycles. The molecule has 0 atom stereocenters.